The summed E-state index contributed by atoms with van der Waals surface area (Å²) in [5, 5.41) is 13.0. The molecule has 0 aliphatic heterocycles. The highest BCUT2D eigenvalue weighted by Crippen LogP contribution is 2.13. The summed E-state index contributed by atoms with van der Waals surface area (Å²) in [6.45, 7) is 4.52. The van der Waals surface area contributed by atoms with Gasteiger partial charge in [-0.1, -0.05) is 32.6 Å². The van der Waals surface area contributed by atoms with Crippen LogP contribution < -0.4 is 0 Å². The first kappa shape index (κ1) is 15.7. The number of ether oxygens (including phenoxy) is 1. The lowest BCUT2D eigenvalue weighted by Crippen LogP contribution is -2.12. The highest BCUT2D eigenvalue weighted by molar-refractivity contribution is 5.88. The Kier molecular flexibility index (Phi) is 6.56. The summed E-state index contributed by atoms with van der Waals surface area (Å²) < 4.78 is 7.28. The Morgan fingerprint density at radius 3 is 2.84 bits per heavy atom. The van der Waals surface area contributed by atoms with Crippen LogP contribution in [0.5, 0.6) is 0 Å². The van der Waals surface area contributed by atoms with E-state index < -0.39 is 5.97 Å². The van der Waals surface area contributed by atoms with E-state index in [0.29, 0.717) is 12.3 Å². The van der Waals surface area contributed by atoms with Gasteiger partial charge in [0.2, 0.25) is 0 Å². The lowest BCUT2D eigenvalue weighted by molar-refractivity contribution is 0.0408. The van der Waals surface area contributed by atoms with Crippen LogP contribution in [0.15, 0.2) is 6.20 Å². The van der Waals surface area contributed by atoms with Crippen LogP contribution in [0.2, 0.25) is 0 Å². The molecule has 0 aliphatic carbocycles. The second-order valence-corrected chi connectivity index (χ2v) is 4.90. The summed E-state index contributed by atoms with van der Waals surface area (Å²) in [7, 11) is 1.73. The Hall–Kier alpha value is -1.36. The first-order chi connectivity index (χ1) is 9.06. The molecule has 0 radical (unpaired) electrons. The molecule has 0 fully saturated rings. The van der Waals surface area contributed by atoms with Gasteiger partial charge in [0.15, 0.2) is 0 Å². The molecule has 0 saturated carbocycles. The molecule has 1 aromatic rings. The lowest BCUT2D eigenvalue weighted by Gasteiger charge is -2.13. The third kappa shape index (κ3) is 5.03. The number of carboxylic acids is 1. The highest BCUT2D eigenvalue weighted by Gasteiger charge is 2.15. The molecule has 0 amide bonds. The first-order valence-corrected chi connectivity index (χ1v) is 6.92. The number of aryl methyl sites for hydroxylation is 1. The lowest BCUT2D eigenvalue weighted by atomic mass is 10.1. The van der Waals surface area contributed by atoms with E-state index in [2.05, 4.69) is 12.0 Å². The molecule has 0 aliphatic rings. The van der Waals surface area contributed by atoms with Crippen LogP contribution in [0.25, 0.3) is 0 Å². The fourth-order valence-electron chi connectivity index (χ4n) is 1.98. The molecule has 0 aromatic carbocycles. The smallest absolute Gasteiger partial charge is 0.339 e. The molecule has 1 heterocycles. The van der Waals surface area contributed by atoms with Gasteiger partial charge in [-0.3, -0.25) is 4.68 Å². The van der Waals surface area contributed by atoms with Crippen molar-refractivity contribution in [3.63, 3.8) is 0 Å². The maximum absolute atomic E-state index is 11.0. The number of aromatic carboxylic acids is 1. The molecule has 0 spiro atoms. The summed E-state index contributed by atoms with van der Waals surface area (Å²) >= 11 is 0. The average Bonchev–Trinajstić information content (AvgIpc) is 2.74. The average molecular weight is 268 g/mol. The van der Waals surface area contributed by atoms with Gasteiger partial charge in [-0.05, 0) is 13.3 Å². The van der Waals surface area contributed by atoms with Crippen molar-refractivity contribution in [3.05, 3.63) is 17.5 Å². The predicted molar refractivity (Wildman–Crippen MR) is 73.2 cm³/mol. The normalized spacial score (nSPS) is 12.6. The van der Waals surface area contributed by atoms with Gasteiger partial charge in [0.25, 0.3) is 0 Å². The summed E-state index contributed by atoms with van der Waals surface area (Å²) in [5.41, 5.74) is 0.841. The van der Waals surface area contributed by atoms with Crippen molar-refractivity contribution in [1.82, 2.24) is 9.78 Å². The quantitative estimate of drug-likeness (QED) is 0.699. The maximum atomic E-state index is 11.0. The Labute approximate surface area is 114 Å². The van der Waals surface area contributed by atoms with Crippen LogP contribution in [0, 0.1) is 0 Å². The summed E-state index contributed by atoms with van der Waals surface area (Å²) in [6, 6.07) is 0. The van der Waals surface area contributed by atoms with E-state index in [1.807, 2.05) is 6.92 Å². The van der Waals surface area contributed by atoms with Crippen molar-refractivity contribution < 1.29 is 14.6 Å². The predicted octanol–water partition coefficient (Wildman–Crippen LogP) is 2.99. The fraction of sp³-hybridized carbons (Fsp3) is 0.714. The van der Waals surface area contributed by atoms with Crippen molar-refractivity contribution >= 4 is 5.97 Å². The topological polar surface area (TPSA) is 64.3 Å². The minimum atomic E-state index is -0.956. The van der Waals surface area contributed by atoms with Gasteiger partial charge < -0.3 is 9.84 Å². The monoisotopic (exact) mass is 268 g/mol. The first-order valence-electron chi connectivity index (χ1n) is 6.92. The van der Waals surface area contributed by atoms with E-state index in [-0.39, 0.29) is 11.7 Å². The van der Waals surface area contributed by atoms with Gasteiger partial charge in [-0.15, -0.1) is 0 Å². The number of hydrogen-bond acceptors (Lipinski definition) is 3. The van der Waals surface area contributed by atoms with E-state index in [0.717, 1.165) is 12.8 Å². The molecular weight excluding hydrogens is 244 g/mol. The number of aromatic nitrogens is 2. The zero-order chi connectivity index (χ0) is 14.3. The maximum Gasteiger partial charge on any atom is 0.339 e. The number of carboxylic acid groups (broad SMARTS) is 1. The number of hydrogen-bond donors (Lipinski definition) is 1. The van der Waals surface area contributed by atoms with Crippen molar-refractivity contribution in [2.75, 3.05) is 0 Å². The van der Waals surface area contributed by atoms with Crippen molar-refractivity contribution in [2.24, 2.45) is 7.05 Å². The zero-order valence-corrected chi connectivity index (χ0v) is 12.1. The molecule has 5 heteroatoms. The second kappa shape index (κ2) is 7.94. The van der Waals surface area contributed by atoms with Crippen LogP contribution in [0.4, 0.5) is 0 Å². The van der Waals surface area contributed by atoms with Gasteiger partial charge in [0, 0.05) is 7.05 Å². The molecular formula is C14H24N2O3. The summed E-state index contributed by atoms with van der Waals surface area (Å²) in [5.74, 6) is -0.956. The Morgan fingerprint density at radius 2 is 2.21 bits per heavy atom. The van der Waals surface area contributed by atoms with E-state index in [1.165, 1.54) is 25.5 Å². The molecule has 0 bridgehead atoms. The van der Waals surface area contributed by atoms with Crippen molar-refractivity contribution in [3.8, 4) is 0 Å². The Balaban J connectivity index is 2.39. The molecule has 1 unspecified atom stereocenters. The van der Waals surface area contributed by atoms with E-state index in [4.69, 9.17) is 9.84 Å². The summed E-state index contributed by atoms with van der Waals surface area (Å²) in [4.78, 5) is 11.0. The van der Waals surface area contributed by atoms with Crippen molar-refractivity contribution in [2.45, 2.75) is 58.7 Å². The Bertz CT molecular complexity index is 401. The minimum Gasteiger partial charge on any atom is -0.478 e. The highest BCUT2D eigenvalue weighted by atomic mass is 16.5. The third-order valence-electron chi connectivity index (χ3n) is 3.26. The van der Waals surface area contributed by atoms with Crippen LogP contribution in [0.3, 0.4) is 0 Å². The largest absolute Gasteiger partial charge is 0.478 e. The van der Waals surface area contributed by atoms with Gasteiger partial charge in [-0.25, -0.2) is 4.79 Å². The van der Waals surface area contributed by atoms with E-state index in [9.17, 15) is 4.79 Å². The minimum absolute atomic E-state index is 0.147. The van der Waals surface area contributed by atoms with Gasteiger partial charge in [0.1, 0.15) is 5.56 Å². The van der Waals surface area contributed by atoms with Gasteiger partial charge in [0.05, 0.1) is 24.6 Å². The van der Waals surface area contributed by atoms with Gasteiger partial charge >= 0.3 is 5.97 Å². The zero-order valence-electron chi connectivity index (χ0n) is 12.1. The SMILES string of the molecule is CCCCCCC(C)OCc1c(C(=O)O)cnn1C. The number of nitrogens with zero attached hydrogens (tertiary/aromatic N) is 2. The fourth-order valence-corrected chi connectivity index (χ4v) is 1.98. The van der Waals surface area contributed by atoms with E-state index in [1.54, 1.807) is 11.7 Å². The van der Waals surface area contributed by atoms with E-state index >= 15 is 0 Å². The molecule has 108 valence electrons. The van der Waals surface area contributed by atoms with Crippen LogP contribution >= 0.6 is 0 Å². The molecule has 1 aromatic heterocycles. The second-order valence-electron chi connectivity index (χ2n) is 4.90. The number of unbranched alkanes of at least 4 members (excludes halogenated alkanes) is 3. The number of rotatable bonds is 9. The molecule has 1 N–H and O–H groups in total. The molecule has 0 saturated heterocycles. The molecule has 1 atom stereocenters. The van der Waals surface area contributed by atoms with Crippen molar-refractivity contribution in [1.29, 1.82) is 0 Å². The van der Waals surface area contributed by atoms with Crippen LogP contribution in [-0.4, -0.2) is 27.0 Å². The third-order valence-corrected chi connectivity index (χ3v) is 3.26. The summed E-state index contributed by atoms with van der Waals surface area (Å²) in [6.07, 6.45) is 7.41. The standard InChI is InChI=1S/C14H24N2O3/c1-4-5-6-7-8-11(2)19-10-13-12(14(17)18)9-15-16(13)3/h9,11H,4-8,10H2,1-3H3,(H,17,18). The molecule has 19 heavy (non-hydrogen) atoms. The van der Waals surface area contributed by atoms with Crippen LogP contribution in [-0.2, 0) is 18.4 Å². The van der Waals surface area contributed by atoms with Crippen LogP contribution in [0.1, 0.15) is 62.0 Å². The molecule has 1 rings (SSSR count). The van der Waals surface area contributed by atoms with Gasteiger partial charge in [-0.2, -0.15) is 5.10 Å². The molecule has 5 nitrogen and oxygen atoms in total. The number of carbonyl (C=O) groups is 1. The Morgan fingerprint density at radius 1 is 1.47 bits per heavy atom.